The number of ether oxygens (including phenoxy) is 2. The third-order valence-corrected chi connectivity index (χ3v) is 2.65. The zero-order chi connectivity index (χ0) is 17.5. The molecule has 0 saturated carbocycles. The molecule has 0 heterocycles. The van der Waals surface area contributed by atoms with Crippen molar-refractivity contribution in [3.05, 3.63) is 42.5 Å². The standard InChI is InChI=1S/C15H16F3NO4/c1-3-8-22-10(2)14(21)23-9-13(20)19-12-7-5-4-6-11(12)15(16,17)18/h3-7,10H,1,8-9H2,2H3,(H,19,20). The summed E-state index contributed by atoms with van der Waals surface area (Å²) in [6, 6.07) is 4.50. The number of para-hydroxylation sites is 1. The van der Waals surface area contributed by atoms with Crippen molar-refractivity contribution in [2.45, 2.75) is 19.2 Å². The number of carbonyl (C=O) groups excluding carboxylic acids is 2. The summed E-state index contributed by atoms with van der Waals surface area (Å²) in [6.45, 7) is 4.24. The highest BCUT2D eigenvalue weighted by Crippen LogP contribution is 2.34. The van der Waals surface area contributed by atoms with Gasteiger partial charge in [0.05, 0.1) is 17.9 Å². The zero-order valence-electron chi connectivity index (χ0n) is 12.4. The van der Waals surface area contributed by atoms with E-state index >= 15 is 0 Å². The molecule has 5 nitrogen and oxygen atoms in total. The highest BCUT2D eigenvalue weighted by Gasteiger charge is 2.33. The van der Waals surface area contributed by atoms with Crippen molar-refractivity contribution in [1.29, 1.82) is 0 Å². The molecule has 1 amide bonds. The van der Waals surface area contributed by atoms with E-state index < -0.39 is 42.0 Å². The topological polar surface area (TPSA) is 64.6 Å². The van der Waals surface area contributed by atoms with Gasteiger partial charge in [-0.3, -0.25) is 4.79 Å². The smallest absolute Gasteiger partial charge is 0.418 e. The number of carbonyl (C=O) groups is 2. The van der Waals surface area contributed by atoms with Crippen molar-refractivity contribution >= 4 is 17.6 Å². The van der Waals surface area contributed by atoms with Crippen molar-refractivity contribution < 1.29 is 32.2 Å². The normalized spacial score (nSPS) is 12.3. The third-order valence-electron chi connectivity index (χ3n) is 2.65. The number of nitrogens with one attached hydrogen (secondary N) is 1. The van der Waals surface area contributed by atoms with Crippen molar-refractivity contribution in [2.75, 3.05) is 18.5 Å². The molecule has 0 aliphatic carbocycles. The minimum absolute atomic E-state index is 0.126. The van der Waals surface area contributed by atoms with E-state index in [4.69, 9.17) is 4.74 Å². The number of hydrogen-bond donors (Lipinski definition) is 1. The molecule has 8 heteroatoms. The Morgan fingerprint density at radius 1 is 1.35 bits per heavy atom. The molecule has 0 radical (unpaired) electrons. The number of amides is 1. The zero-order valence-corrected chi connectivity index (χ0v) is 12.4. The highest BCUT2D eigenvalue weighted by molar-refractivity contribution is 5.93. The van der Waals surface area contributed by atoms with Crippen molar-refractivity contribution in [1.82, 2.24) is 0 Å². The van der Waals surface area contributed by atoms with Crippen molar-refractivity contribution in [3.8, 4) is 0 Å². The van der Waals surface area contributed by atoms with E-state index in [2.05, 4.69) is 16.6 Å². The first-order valence-corrected chi connectivity index (χ1v) is 6.61. The Labute approximate surface area is 131 Å². The van der Waals surface area contributed by atoms with Gasteiger partial charge in [0, 0.05) is 0 Å². The molecule has 1 aromatic carbocycles. The van der Waals surface area contributed by atoms with Crippen molar-refractivity contribution in [2.24, 2.45) is 0 Å². The average Bonchev–Trinajstić information content (AvgIpc) is 2.49. The second-order valence-electron chi connectivity index (χ2n) is 4.46. The maximum Gasteiger partial charge on any atom is 0.418 e. The molecular weight excluding hydrogens is 315 g/mol. The molecule has 0 spiro atoms. The molecule has 0 fully saturated rings. The second-order valence-corrected chi connectivity index (χ2v) is 4.46. The van der Waals surface area contributed by atoms with Gasteiger partial charge in [-0.2, -0.15) is 13.2 Å². The van der Waals surface area contributed by atoms with Crippen LogP contribution in [0.15, 0.2) is 36.9 Å². The molecule has 126 valence electrons. The Kier molecular flexibility index (Phi) is 6.77. The molecule has 0 aromatic heterocycles. The summed E-state index contributed by atoms with van der Waals surface area (Å²) in [7, 11) is 0. The lowest BCUT2D eigenvalue weighted by molar-refractivity contribution is -0.157. The minimum atomic E-state index is -4.60. The molecule has 1 rings (SSSR count). The highest BCUT2D eigenvalue weighted by atomic mass is 19.4. The summed E-state index contributed by atoms with van der Waals surface area (Å²) < 4.78 is 48.0. The van der Waals surface area contributed by atoms with Crippen LogP contribution in [-0.2, 0) is 25.2 Å². The van der Waals surface area contributed by atoms with E-state index in [0.29, 0.717) is 0 Å². The molecule has 1 N–H and O–H groups in total. The fraction of sp³-hybridized carbons (Fsp3) is 0.333. The Morgan fingerprint density at radius 2 is 2.00 bits per heavy atom. The van der Waals surface area contributed by atoms with Gasteiger partial charge < -0.3 is 14.8 Å². The molecule has 0 aliphatic rings. The SMILES string of the molecule is C=CCOC(C)C(=O)OCC(=O)Nc1ccccc1C(F)(F)F. The van der Waals surface area contributed by atoms with E-state index in [1.807, 2.05) is 0 Å². The first kappa shape index (κ1) is 18.7. The number of halogens is 3. The van der Waals surface area contributed by atoms with Gasteiger partial charge >= 0.3 is 12.1 Å². The summed E-state index contributed by atoms with van der Waals surface area (Å²) in [5.41, 5.74) is -1.39. The lowest BCUT2D eigenvalue weighted by Gasteiger charge is -2.14. The summed E-state index contributed by atoms with van der Waals surface area (Å²) in [5, 5.41) is 2.06. The number of hydrogen-bond acceptors (Lipinski definition) is 4. The van der Waals surface area contributed by atoms with Crippen LogP contribution in [0.5, 0.6) is 0 Å². The Hall–Kier alpha value is -2.35. The van der Waals surface area contributed by atoms with Gasteiger partial charge in [-0.1, -0.05) is 18.2 Å². The van der Waals surface area contributed by atoms with Gasteiger partial charge in [0.2, 0.25) is 0 Å². The van der Waals surface area contributed by atoms with Crippen molar-refractivity contribution in [3.63, 3.8) is 0 Å². The van der Waals surface area contributed by atoms with Gasteiger partial charge in [0.25, 0.3) is 5.91 Å². The Bertz CT molecular complexity index is 572. The Balaban J connectivity index is 2.58. The van der Waals surface area contributed by atoms with E-state index in [1.54, 1.807) is 0 Å². The molecule has 0 bridgehead atoms. The number of esters is 1. The fourth-order valence-electron chi connectivity index (χ4n) is 1.56. The molecular formula is C15H16F3NO4. The predicted molar refractivity (Wildman–Crippen MR) is 76.6 cm³/mol. The Morgan fingerprint density at radius 3 is 2.61 bits per heavy atom. The van der Waals surface area contributed by atoms with Gasteiger partial charge in [-0.25, -0.2) is 4.79 Å². The summed E-state index contributed by atoms with van der Waals surface area (Å²) in [5.74, 6) is -1.68. The van der Waals surface area contributed by atoms with Crippen LogP contribution < -0.4 is 5.32 Å². The number of alkyl halides is 3. The maximum absolute atomic E-state index is 12.8. The van der Waals surface area contributed by atoms with Gasteiger partial charge in [-0.15, -0.1) is 6.58 Å². The predicted octanol–water partition coefficient (Wildman–Crippen LogP) is 2.78. The molecule has 0 saturated heterocycles. The van der Waals surface area contributed by atoms with Crippen LogP contribution >= 0.6 is 0 Å². The number of anilines is 1. The minimum Gasteiger partial charge on any atom is -0.454 e. The first-order chi connectivity index (χ1) is 10.8. The lowest BCUT2D eigenvalue weighted by atomic mass is 10.1. The van der Waals surface area contributed by atoms with Gasteiger partial charge in [0.1, 0.15) is 0 Å². The molecule has 1 atom stereocenters. The summed E-state index contributed by atoms with van der Waals surface area (Å²) in [6.07, 6.45) is -4.08. The number of benzene rings is 1. The van der Waals surface area contributed by atoms with E-state index in [0.717, 1.165) is 12.1 Å². The monoisotopic (exact) mass is 331 g/mol. The van der Waals surface area contributed by atoms with E-state index in [9.17, 15) is 22.8 Å². The van der Waals surface area contributed by atoms with Gasteiger partial charge in [-0.05, 0) is 19.1 Å². The van der Waals surface area contributed by atoms with Crippen LogP contribution in [0.4, 0.5) is 18.9 Å². The summed E-state index contributed by atoms with van der Waals surface area (Å²) >= 11 is 0. The lowest BCUT2D eigenvalue weighted by Crippen LogP contribution is -2.28. The van der Waals surface area contributed by atoms with Crippen LogP contribution in [0.25, 0.3) is 0 Å². The molecule has 1 aromatic rings. The van der Waals surface area contributed by atoms with Gasteiger partial charge in [0.15, 0.2) is 12.7 Å². The largest absolute Gasteiger partial charge is 0.454 e. The third kappa shape index (κ3) is 6.11. The molecule has 23 heavy (non-hydrogen) atoms. The molecule has 0 aliphatic heterocycles. The van der Waals surface area contributed by atoms with Crippen LogP contribution in [0, 0.1) is 0 Å². The summed E-state index contributed by atoms with van der Waals surface area (Å²) in [4.78, 5) is 23.1. The quantitative estimate of drug-likeness (QED) is 0.616. The second kappa shape index (κ2) is 8.33. The number of rotatable bonds is 7. The fourth-order valence-corrected chi connectivity index (χ4v) is 1.56. The maximum atomic E-state index is 12.8. The van der Waals surface area contributed by atoms with Crippen LogP contribution in [0.1, 0.15) is 12.5 Å². The first-order valence-electron chi connectivity index (χ1n) is 6.61. The molecule has 1 unspecified atom stereocenters. The average molecular weight is 331 g/mol. The van der Waals surface area contributed by atoms with Crippen LogP contribution in [-0.4, -0.2) is 31.2 Å². The van der Waals surface area contributed by atoms with E-state index in [1.165, 1.54) is 25.1 Å². The van der Waals surface area contributed by atoms with E-state index in [-0.39, 0.29) is 6.61 Å². The van der Waals surface area contributed by atoms with Crippen LogP contribution in [0.3, 0.4) is 0 Å². The van der Waals surface area contributed by atoms with Crippen LogP contribution in [0.2, 0.25) is 0 Å².